The smallest absolute Gasteiger partial charge is 0.122 e. The number of hydrogen-bond acceptors (Lipinski definition) is 3. The van der Waals surface area contributed by atoms with Crippen molar-refractivity contribution < 1.29 is 9.84 Å². The summed E-state index contributed by atoms with van der Waals surface area (Å²) in [6, 6.07) is 6.52. The van der Waals surface area contributed by atoms with Crippen LogP contribution in [0, 0.1) is 5.92 Å². The molecule has 0 aliphatic carbocycles. The predicted octanol–water partition coefficient (Wildman–Crippen LogP) is 2.46. The van der Waals surface area contributed by atoms with E-state index >= 15 is 0 Å². The van der Waals surface area contributed by atoms with Gasteiger partial charge in [0.15, 0.2) is 0 Å². The van der Waals surface area contributed by atoms with Crippen molar-refractivity contribution in [1.29, 1.82) is 0 Å². The summed E-state index contributed by atoms with van der Waals surface area (Å²) in [5.74, 6) is 1.44. The predicted molar refractivity (Wildman–Crippen MR) is 77.5 cm³/mol. The van der Waals surface area contributed by atoms with Gasteiger partial charge in [0.25, 0.3) is 0 Å². The number of nitrogens with zero attached hydrogens (tertiary/aromatic N) is 1. The van der Waals surface area contributed by atoms with E-state index < -0.39 is 0 Å². The first kappa shape index (κ1) is 14.4. The molecule has 0 saturated heterocycles. The molecule has 1 aromatic carbocycles. The van der Waals surface area contributed by atoms with Crippen molar-refractivity contribution in [3.05, 3.63) is 29.3 Å². The second kappa shape index (κ2) is 6.92. The Morgan fingerprint density at radius 2 is 2.26 bits per heavy atom. The standard InChI is InChI=1S/C16H25NO2/c1-3-13(12-18)10-17(2)11-14-6-7-16-15(9-14)5-4-8-19-16/h6-7,9,13,18H,3-5,8,10-12H2,1-2H3. The summed E-state index contributed by atoms with van der Waals surface area (Å²) in [4.78, 5) is 2.29. The average molecular weight is 263 g/mol. The van der Waals surface area contributed by atoms with Crippen LogP contribution in [0.25, 0.3) is 0 Å². The highest BCUT2D eigenvalue weighted by Crippen LogP contribution is 2.26. The molecular formula is C16H25NO2. The zero-order valence-corrected chi connectivity index (χ0v) is 12.1. The van der Waals surface area contributed by atoms with Gasteiger partial charge in [0.1, 0.15) is 5.75 Å². The highest BCUT2D eigenvalue weighted by atomic mass is 16.5. The van der Waals surface area contributed by atoms with Crippen molar-refractivity contribution in [2.45, 2.75) is 32.7 Å². The Morgan fingerprint density at radius 1 is 1.42 bits per heavy atom. The van der Waals surface area contributed by atoms with E-state index in [0.717, 1.165) is 44.7 Å². The van der Waals surface area contributed by atoms with E-state index in [9.17, 15) is 5.11 Å². The molecule has 3 nitrogen and oxygen atoms in total. The van der Waals surface area contributed by atoms with Gasteiger partial charge >= 0.3 is 0 Å². The van der Waals surface area contributed by atoms with Gasteiger partial charge in [-0.3, -0.25) is 0 Å². The molecule has 0 fully saturated rings. The van der Waals surface area contributed by atoms with E-state index in [1.807, 2.05) is 0 Å². The SMILES string of the molecule is CCC(CO)CN(C)Cc1ccc2c(c1)CCCO2. The maximum atomic E-state index is 9.26. The van der Waals surface area contributed by atoms with Crippen molar-refractivity contribution in [3.8, 4) is 5.75 Å². The molecule has 0 aromatic heterocycles. The fourth-order valence-electron chi connectivity index (χ4n) is 2.64. The zero-order valence-electron chi connectivity index (χ0n) is 12.1. The number of aliphatic hydroxyl groups is 1. The van der Waals surface area contributed by atoms with Gasteiger partial charge in [0.05, 0.1) is 6.61 Å². The Hall–Kier alpha value is -1.06. The van der Waals surface area contributed by atoms with Crippen LogP contribution in [0.3, 0.4) is 0 Å². The molecule has 106 valence electrons. The van der Waals surface area contributed by atoms with Gasteiger partial charge in [-0.2, -0.15) is 0 Å². The quantitative estimate of drug-likeness (QED) is 0.856. The molecule has 0 spiro atoms. The van der Waals surface area contributed by atoms with Crippen molar-refractivity contribution in [2.24, 2.45) is 5.92 Å². The normalized spacial score (nSPS) is 16.0. The minimum atomic E-state index is 0.277. The molecule has 0 radical (unpaired) electrons. The van der Waals surface area contributed by atoms with Crippen LogP contribution in [0.5, 0.6) is 5.75 Å². The fourth-order valence-corrected chi connectivity index (χ4v) is 2.64. The molecule has 1 heterocycles. The molecule has 1 N–H and O–H groups in total. The third-order valence-corrected chi connectivity index (χ3v) is 3.83. The fraction of sp³-hybridized carbons (Fsp3) is 0.625. The summed E-state index contributed by atoms with van der Waals surface area (Å²) in [6.07, 6.45) is 3.27. The van der Waals surface area contributed by atoms with Crippen LogP contribution in [0.4, 0.5) is 0 Å². The van der Waals surface area contributed by atoms with Gasteiger partial charge in [0, 0.05) is 19.7 Å². The van der Waals surface area contributed by atoms with Crippen molar-refractivity contribution in [3.63, 3.8) is 0 Å². The first-order chi connectivity index (χ1) is 9.22. The Bertz CT molecular complexity index is 402. The second-order valence-corrected chi connectivity index (χ2v) is 5.55. The van der Waals surface area contributed by atoms with E-state index in [4.69, 9.17) is 4.74 Å². The molecule has 1 aliphatic rings. The molecule has 1 unspecified atom stereocenters. The lowest BCUT2D eigenvalue weighted by atomic mass is 10.0. The Kier molecular flexibility index (Phi) is 5.23. The summed E-state index contributed by atoms with van der Waals surface area (Å²) < 4.78 is 5.64. The third-order valence-electron chi connectivity index (χ3n) is 3.83. The van der Waals surface area contributed by atoms with Gasteiger partial charge in [-0.1, -0.05) is 19.1 Å². The van der Waals surface area contributed by atoms with Crippen molar-refractivity contribution in [2.75, 3.05) is 26.8 Å². The van der Waals surface area contributed by atoms with E-state index in [1.54, 1.807) is 0 Å². The molecule has 1 aromatic rings. The third kappa shape index (κ3) is 3.95. The minimum absolute atomic E-state index is 0.277. The monoisotopic (exact) mass is 263 g/mol. The number of ether oxygens (including phenoxy) is 1. The van der Waals surface area contributed by atoms with Gasteiger partial charge < -0.3 is 14.7 Å². The van der Waals surface area contributed by atoms with Crippen LogP contribution in [0.1, 0.15) is 30.9 Å². The lowest BCUT2D eigenvalue weighted by Crippen LogP contribution is -2.27. The zero-order chi connectivity index (χ0) is 13.7. The average Bonchev–Trinajstić information content (AvgIpc) is 2.44. The number of fused-ring (bicyclic) bond motifs is 1. The molecule has 3 heteroatoms. The molecule has 0 saturated carbocycles. The van der Waals surface area contributed by atoms with Crippen LogP contribution < -0.4 is 4.74 Å². The number of benzene rings is 1. The van der Waals surface area contributed by atoms with Crippen LogP contribution in [0.2, 0.25) is 0 Å². The first-order valence-corrected chi connectivity index (χ1v) is 7.27. The highest BCUT2D eigenvalue weighted by Gasteiger charge is 2.12. The number of aryl methyl sites for hydroxylation is 1. The Balaban J connectivity index is 1.95. The van der Waals surface area contributed by atoms with Crippen LogP contribution in [-0.4, -0.2) is 36.8 Å². The lowest BCUT2D eigenvalue weighted by molar-refractivity contribution is 0.173. The molecule has 0 bridgehead atoms. The van der Waals surface area contributed by atoms with Crippen molar-refractivity contribution in [1.82, 2.24) is 4.90 Å². The van der Waals surface area contributed by atoms with Crippen LogP contribution >= 0.6 is 0 Å². The Morgan fingerprint density at radius 3 is 3.00 bits per heavy atom. The molecule has 1 atom stereocenters. The largest absolute Gasteiger partial charge is 0.493 e. The van der Waals surface area contributed by atoms with E-state index in [1.165, 1.54) is 11.1 Å². The molecule has 1 aliphatic heterocycles. The van der Waals surface area contributed by atoms with Crippen LogP contribution in [0.15, 0.2) is 18.2 Å². The highest BCUT2D eigenvalue weighted by molar-refractivity contribution is 5.38. The van der Waals surface area contributed by atoms with Crippen LogP contribution in [-0.2, 0) is 13.0 Å². The van der Waals surface area contributed by atoms with E-state index in [0.29, 0.717) is 5.92 Å². The van der Waals surface area contributed by atoms with E-state index in [2.05, 4.69) is 37.1 Å². The van der Waals surface area contributed by atoms with Gasteiger partial charge in [0.2, 0.25) is 0 Å². The summed E-state index contributed by atoms with van der Waals surface area (Å²) >= 11 is 0. The van der Waals surface area contributed by atoms with Gasteiger partial charge in [-0.05, 0) is 49.4 Å². The van der Waals surface area contributed by atoms with Crippen molar-refractivity contribution >= 4 is 0 Å². The number of aliphatic hydroxyl groups excluding tert-OH is 1. The number of rotatable bonds is 6. The summed E-state index contributed by atoms with van der Waals surface area (Å²) in [6.45, 7) is 5.13. The maximum Gasteiger partial charge on any atom is 0.122 e. The number of hydrogen-bond donors (Lipinski definition) is 1. The molecule has 2 rings (SSSR count). The summed E-state index contributed by atoms with van der Waals surface area (Å²) in [7, 11) is 2.12. The molecular weight excluding hydrogens is 238 g/mol. The van der Waals surface area contributed by atoms with E-state index in [-0.39, 0.29) is 6.61 Å². The second-order valence-electron chi connectivity index (χ2n) is 5.55. The first-order valence-electron chi connectivity index (χ1n) is 7.27. The lowest BCUT2D eigenvalue weighted by Gasteiger charge is -2.23. The van der Waals surface area contributed by atoms with Gasteiger partial charge in [-0.25, -0.2) is 0 Å². The molecule has 0 amide bonds. The minimum Gasteiger partial charge on any atom is -0.493 e. The maximum absolute atomic E-state index is 9.26. The molecule has 19 heavy (non-hydrogen) atoms. The summed E-state index contributed by atoms with van der Waals surface area (Å²) in [5, 5.41) is 9.26. The Labute approximate surface area is 116 Å². The summed E-state index contributed by atoms with van der Waals surface area (Å²) in [5.41, 5.74) is 2.67. The topological polar surface area (TPSA) is 32.7 Å². The van der Waals surface area contributed by atoms with Gasteiger partial charge in [-0.15, -0.1) is 0 Å².